The topological polar surface area (TPSA) is 49.1 Å². The van der Waals surface area contributed by atoms with Gasteiger partial charge in [0, 0.05) is 23.8 Å². The molecule has 0 saturated heterocycles. The molecule has 6 heteroatoms. The maximum atomic E-state index is 12.4. The molecule has 3 rings (SSSR count). The monoisotopic (exact) mass is 309 g/mol. The molecule has 0 aliphatic carbocycles. The van der Waals surface area contributed by atoms with Crippen molar-refractivity contribution in [3.8, 4) is 0 Å². The summed E-state index contributed by atoms with van der Waals surface area (Å²) < 4.78 is 1.68. The average Bonchev–Trinajstić information content (AvgIpc) is 2.83. The summed E-state index contributed by atoms with van der Waals surface area (Å²) in [4.78, 5) is 14.7. The van der Waals surface area contributed by atoms with E-state index in [0.717, 1.165) is 25.1 Å². The van der Waals surface area contributed by atoms with Gasteiger partial charge in [0.05, 0.1) is 0 Å². The summed E-state index contributed by atoms with van der Waals surface area (Å²) in [6.07, 6.45) is 3.83. The Balaban J connectivity index is 0.00000147. The number of halogens is 1. The summed E-state index contributed by atoms with van der Waals surface area (Å²) in [6.45, 7) is 1.02. The fraction of sp³-hybridized carbons (Fsp3) is 0.286. The number of hydrogen-bond acceptors (Lipinski definition) is 3. The molecule has 0 fully saturated rings. The molecule has 1 amide bonds. The third-order valence-corrected chi connectivity index (χ3v) is 4.11. The van der Waals surface area contributed by atoms with Gasteiger partial charge < -0.3 is 9.47 Å². The van der Waals surface area contributed by atoms with Crippen LogP contribution >= 0.6 is 23.7 Å². The lowest BCUT2D eigenvalue weighted by atomic mass is 10.0. The van der Waals surface area contributed by atoms with Crippen LogP contribution < -0.4 is 9.70 Å². The van der Waals surface area contributed by atoms with Crippen molar-refractivity contribution in [1.29, 1.82) is 5.41 Å². The number of para-hydroxylation sites is 1. The van der Waals surface area contributed by atoms with Gasteiger partial charge in [-0.1, -0.05) is 18.2 Å². The van der Waals surface area contributed by atoms with Gasteiger partial charge in [0.2, 0.25) is 5.91 Å². The Hall–Kier alpha value is -1.59. The highest BCUT2D eigenvalue weighted by Gasteiger charge is 2.22. The number of hydrogen-bond donors (Lipinski definition) is 1. The third kappa shape index (κ3) is 2.78. The van der Waals surface area contributed by atoms with Crippen LogP contribution in [0.3, 0.4) is 0 Å². The molecule has 106 valence electrons. The van der Waals surface area contributed by atoms with Crippen LogP contribution in [0.15, 0.2) is 35.8 Å². The van der Waals surface area contributed by atoms with Gasteiger partial charge in [0.25, 0.3) is 0 Å². The zero-order valence-corrected chi connectivity index (χ0v) is 12.5. The van der Waals surface area contributed by atoms with Crippen molar-refractivity contribution < 1.29 is 4.79 Å². The van der Waals surface area contributed by atoms with Crippen molar-refractivity contribution >= 4 is 35.3 Å². The molecule has 2 aromatic rings. The van der Waals surface area contributed by atoms with Crippen LogP contribution in [0, 0.1) is 5.41 Å². The normalized spacial score (nSPS) is 13.5. The van der Waals surface area contributed by atoms with E-state index in [2.05, 4.69) is 6.07 Å². The van der Waals surface area contributed by atoms with E-state index in [-0.39, 0.29) is 24.9 Å². The predicted molar refractivity (Wildman–Crippen MR) is 82.5 cm³/mol. The van der Waals surface area contributed by atoms with E-state index >= 15 is 0 Å². The Bertz CT molecular complexity index is 664. The van der Waals surface area contributed by atoms with Crippen LogP contribution in [-0.4, -0.2) is 17.0 Å². The molecule has 0 bridgehead atoms. The lowest BCUT2D eigenvalue weighted by Gasteiger charge is -2.29. The second kappa shape index (κ2) is 6.24. The van der Waals surface area contributed by atoms with Gasteiger partial charge >= 0.3 is 0 Å². The molecule has 0 unspecified atom stereocenters. The van der Waals surface area contributed by atoms with E-state index in [1.807, 2.05) is 28.5 Å². The number of nitrogens with one attached hydrogen (secondary N) is 1. The first kappa shape index (κ1) is 14.8. The zero-order valence-electron chi connectivity index (χ0n) is 10.9. The molecule has 20 heavy (non-hydrogen) atoms. The standard InChI is InChI=1S/C14H15N3OS.ClH/c15-14-16(8-9-19-14)10-13(18)17-7-3-5-11-4-1-2-6-12(11)17;/h1-2,4,6,8-9,15H,3,5,7,10H2;1H. The first-order chi connectivity index (χ1) is 9.25. The fourth-order valence-corrected chi connectivity index (χ4v) is 3.05. The first-order valence-electron chi connectivity index (χ1n) is 6.32. The predicted octanol–water partition coefficient (Wildman–Crippen LogP) is 2.43. The van der Waals surface area contributed by atoms with Crippen molar-refractivity contribution in [1.82, 2.24) is 4.57 Å². The van der Waals surface area contributed by atoms with Crippen LogP contribution in [0.1, 0.15) is 12.0 Å². The molecule has 1 N–H and O–H groups in total. The number of carbonyl (C=O) groups is 1. The van der Waals surface area contributed by atoms with Gasteiger partial charge in [0.1, 0.15) is 6.54 Å². The minimum Gasteiger partial charge on any atom is -0.315 e. The molecule has 4 nitrogen and oxygen atoms in total. The van der Waals surface area contributed by atoms with Gasteiger partial charge in [-0.15, -0.1) is 23.7 Å². The lowest BCUT2D eigenvalue weighted by molar-refractivity contribution is -0.119. The highest BCUT2D eigenvalue weighted by atomic mass is 35.5. The Kier molecular flexibility index (Phi) is 4.62. The number of aryl methyl sites for hydroxylation is 1. The van der Waals surface area contributed by atoms with E-state index in [9.17, 15) is 4.79 Å². The maximum Gasteiger partial charge on any atom is 0.247 e. The molecular weight excluding hydrogens is 294 g/mol. The second-order valence-electron chi connectivity index (χ2n) is 4.61. The quantitative estimate of drug-likeness (QED) is 0.910. The molecule has 0 saturated carbocycles. The number of nitrogens with zero attached hydrogens (tertiary/aromatic N) is 2. The number of rotatable bonds is 2. The van der Waals surface area contributed by atoms with Crippen molar-refractivity contribution in [2.75, 3.05) is 11.4 Å². The van der Waals surface area contributed by atoms with Crippen molar-refractivity contribution in [3.05, 3.63) is 46.2 Å². The molecule has 2 heterocycles. The molecule has 0 radical (unpaired) electrons. The summed E-state index contributed by atoms with van der Waals surface area (Å²) in [5, 5.41) is 9.55. The highest BCUT2D eigenvalue weighted by molar-refractivity contribution is 7.06. The van der Waals surface area contributed by atoms with Crippen molar-refractivity contribution in [2.45, 2.75) is 19.4 Å². The molecule has 1 aliphatic heterocycles. The van der Waals surface area contributed by atoms with Gasteiger partial charge in [-0.2, -0.15) is 0 Å². The van der Waals surface area contributed by atoms with Crippen LogP contribution in [0.2, 0.25) is 0 Å². The van der Waals surface area contributed by atoms with E-state index in [1.165, 1.54) is 16.9 Å². The summed E-state index contributed by atoms with van der Waals surface area (Å²) >= 11 is 1.34. The van der Waals surface area contributed by atoms with Crippen molar-refractivity contribution in [3.63, 3.8) is 0 Å². The Morgan fingerprint density at radius 3 is 2.90 bits per heavy atom. The van der Waals surface area contributed by atoms with Crippen LogP contribution in [0.25, 0.3) is 0 Å². The number of amides is 1. The number of aromatic nitrogens is 1. The number of anilines is 1. The van der Waals surface area contributed by atoms with Crippen molar-refractivity contribution in [2.24, 2.45) is 0 Å². The summed E-state index contributed by atoms with van der Waals surface area (Å²) in [5.74, 6) is 0.0593. The largest absolute Gasteiger partial charge is 0.315 e. The molecule has 0 atom stereocenters. The molecule has 1 aromatic heterocycles. The highest BCUT2D eigenvalue weighted by Crippen LogP contribution is 2.26. The van der Waals surface area contributed by atoms with E-state index in [1.54, 1.807) is 10.8 Å². The van der Waals surface area contributed by atoms with E-state index < -0.39 is 0 Å². The minimum atomic E-state index is 0. The number of thiazole rings is 1. The average molecular weight is 310 g/mol. The summed E-state index contributed by atoms with van der Waals surface area (Å²) in [5.41, 5.74) is 2.27. The number of fused-ring (bicyclic) bond motifs is 1. The third-order valence-electron chi connectivity index (χ3n) is 3.40. The molecule has 0 spiro atoms. The SMILES string of the molecule is Cl.N=c1sccn1CC(=O)N1CCCc2ccccc21. The number of carbonyl (C=O) groups excluding carboxylic acids is 1. The van der Waals surface area contributed by atoms with Gasteiger partial charge in [-0.25, -0.2) is 0 Å². The fourth-order valence-electron chi connectivity index (χ4n) is 2.45. The molecule has 1 aromatic carbocycles. The molecule has 1 aliphatic rings. The second-order valence-corrected chi connectivity index (χ2v) is 5.51. The smallest absolute Gasteiger partial charge is 0.247 e. The van der Waals surface area contributed by atoms with E-state index in [4.69, 9.17) is 5.41 Å². The Labute approximate surface area is 127 Å². The van der Waals surface area contributed by atoms with E-state index in [0.29, 0.717) is 4.80 Å². The Morgan fingerprint density at radius 2 is 2.15 bits per heavy atom. The van der Waals surface area contributed by atoms with Gasteiger partial charge in [-0.3, -0.25) is 10.2 Å². The van der Waals surface area contributed by atoms with Crippen LogP contribution in [-0.2, 0) is 17.8 Å². The van der Waals surface area contributed by atoms with Crippen LogP contribution in [0.5, 0.6) is 0 Å². The molecular formula is C14H16ClN3OS. The number of benzene rings is 1. The minimum absolute atomic E-state index is 0. The lowest BCUT2D eigenvalue weighted by Crippen LogP contribution is -2.38. The summed E-state index contributed by atoms with van der Waals surface area (Å²) in [7, 11) is 0. The Morgan fingerprint density at radius 1 is 1.35 bits per heavy atom. The maximum absolute atomic E-state index is 12.4. The van der Waals surface area contributed by atoms with Gasteiger partial charge in [-0.05, 0) is 24.5 Å². The summed E-state index contributed by atoms with van der Waals surface area (Å²) in [6, 6.07) is 8.08. The van der Waals surface area contributed by atoms with Crippen LogP contribution in [0.4, 0.5) is 5.69 Å². The first-order valence-corrected chi connectivity index (χ1v) is 7.20. The van der Waals surface area contributed by atoms with Gasteiger partial charge in [0.15, 0.2) is 4.80 Å². The zero-order chi connectivity index (χ0) is 13.2.